The Balaban J connectivity index is 1.59. The Labute approximate surface area is 176 Å². The van der Waals surface area contributed by atoms with Gasteiger partial charge in [-0.2, -0.15) is 0 Å². The van der Waals surface area contributed by atoms with Crippen molar-refractivity contribution < 1.29 is 19.1 Å². The number of ether oxygens (including phenoxy) is 1. The van der Waals surface area contributed by atoms with Gasteiger partial charge in [0.1, 0.15) is 17.8 Å². The van der Waals surface area contributed by atoms with Crippen molar-refractivity contribution in [1.82, 2.24) is 15.5 Å². The smallest absolute Gasteiger partial charge is 0.325 e. The largest absolute Gasteiger partial charge is 0.496 e. The van der Waals surface area contributed by atoms with Gasteiger partial charge in [0.15, 0.2) is 0 Å². The molecule has 0 unspecified atom stereocenters. The first-order valence-corrected chi connectivity index (χ1v) is 9.91. The van der Waals surface area contributed by atoms with Gasteiger partial charge in [-0.1, -0.05) is 42.5 Å². The maximum atomic E-state index is 12.9. The molecule has 1 aliphatic rings. The van der Waals surface area contributed by atoms with Crippen LogP contribution in [0.15, 0.2) is 48.5 Å². The Morgan fingerprint density at radius 1 is 1.10 bits per heavy atom. The van der Waals surface area contributed by atoms with E-state index in [1.165, 1.54) is 0 Å². The lowest BCUT2D eigenvalue weighted by Crippen LogP contribution is -2.47. The van der Waals surface area contributed by atoms with E-state index < -0.39 is 17.5 Å². The van der Waals surface area contributed by atoms with Gasteiger partial charge in [-0.05, 0) is 43.0 Å². The van der Waals surface area contributed by atoms with E-state index in [0.29, 0.717) is 18.7 Å². The van der Waals surface area contributed by atoms with E-state index in [9.17, 15) is 14.4 Å². The number of nitrogens with one attached hydrogen (secondary N) is 2. The second kappa shape index (κ2) is 8.98. The quantitative estimate of drug-likeness (QED) is 0.655. The molecule has 2 N–H and O–H groups in total. The molecule has 158 valence electrons. The van der Waals surface area contributed by atoms with Gasteiger partial charge in [0.05, 0.1) is 7.11 Å². The minimum atomic E-state index is -1.13. The summed E-state index contributed by atoms with van der Waals surface area (Å²) in [5, 5.41) is 5.52. The van der Waals surface area contributed by atoms with Crippen LogP contribution in [-0.2, 0) is 22.4 Å². The summed E-state index contributed by atoms with van der Waals surface area (Å²) in [5.41, 5.74) is 1.98. The summed E-state index contributed by atoms with van der Waals surface area (Å²) in [4.78, 5) is 38.6. The zero-order valence-corrected chi connectivity index (χ0v) is 17.5. The molecule has 0 saturated carbocycles. The van der Waals surface area contributed by atoms with Crippen molar-refractivity contribution in [3.63, 3.8) is 0 Å². The predicted molar refractivity (Wildman–Crippen MR) is 113 cm³/mol. The number of nitrogens with zero attached hydrogens (tertiary/aromatic N) is 1. The van der Waals surface area contributed by atoms with Gasteiger partial charge >= 0.3 is 6.03 Å². The molecule has 1 fully saturated rings. The van der Waals surface area contributed by atoms with E-state index >= 15 is 0 Å². The Kier molecular flexibility index (Phi) is 6.40. The molecule has 0 spiro atoms. The molecular formula is C23H27N3O4. The predicted octanol–water partition coefficient (Wildman–Crippen LogP) is 2.22. The van der Waals surface area contributed by atoms with Crippen molar-refractivity contribution >= 4 is 17.8 Å². The first-order chi connectivity index (χ1) is 14.3. The van der Waals surface area contributed by atoms with Crippen LogP contribution in [0, 0.1) is 6.92 Å². The fourth-order valence-electron chi connectivity index (χ4n) is 3.67. The molecule has 30 heavy (non-hydrogen) atoms. The van der Waals surface area contributed by atoms with Gasteiger partial charge in [-0.25, -0.2) is 4.79 Å². The molecule has 2 aromatic rings. The highest BCUT2D eigenvalue weighted by Crippen LogP contribution is 2.27. The van der Waals surface area contributed by atoms with Crippen molar-refractivity contribution in [3.8, 4) is 5.75 Å². The van der Waals surface area contributed by atoms with Gasteiger partial charge in [0, 0.05) is 13.0 Å². The van der Waals surface area contributed by atoms with Crippen LogP contribution in [0.2, 0.25) is 0 Å². The lowest BCUT2D eigenvalue weighted by molar-refractivity contribution is -0.134. The molecule has 2 aromatic carbocycles. The van der Waals surface area contributed by atoms with Crippen LogP contribution >= 0.6 is 0 Å². The average molecular weight is 409 g/mol. The van der Waals surface area contributed by atoms with Crippen LogP contribution in [0.25, 0.3) is 0 Å². The Hall–Kier alpha value is -3.35. The zero-order valence-electron chi connectivity index (χ0n) is 17.5. The van der Waals surface area contributed by atoms with Crippen LogP contribution in [0.5, 0.6) is 5.75 Å². The van der Waals surface area contributed by atoms with E-state index in [1.807, 2.05) is 49.4 Å². The number of urea groups is 1. The van der Waals surface area contributed by atoms with Crippen molar-refractivity contribution in [3.05, 3.63) is 65.2 Å². The standard InChI is InChI=1S/C23H27N3O4/c1-16-8-4-5-9-17(16)12-13-24-20(27)15-26-21(28)23(2,25-22(26)29)14-18-10-6-7-11-19(18)30-3/h4-11H,12-15H2,1-3H3,(H,24,27)(H,25,29)/t23-/m1/s1. The van der Waals surface area contributed by atoms with E-state index in [2.05, 4.69) is 10.6 Å². The third-order valence-electron chi connectivity index (χ3n) is 5.36. The first kappa shape index (κ1) is 21.4. The van der Waals surface area contributed by atoms with E-state index in [1.54, 1.807) is 20.1 Å². The number of amides is 4. The van der Waals surface area contributed by atoms with E-state index in [-0.39, 0.29) is 18.9 Å². The fourth-order valence-corrected chi connectivity index (χ4v) is 3.67. The number of rotatable bonds is 8. The first-order valence-electron chi connectivity index (χ1n) is 9.91. The second-order valence-corrected chi connectivity index (χ2v) is 7.67. The number of imide groups is 1. The summed E-state index contributed by atoms with van der Waals surface area (Å²) in [6.07, 6.45) is 0.955. The van der Waals surface area contributed by atoms with E-state index in [4.69, 9.17) is 4.74 Å². The molecule has 3 rings (SSSR count). The van der Waals surface area contributed by atoms with E-state index in [0.717, 1.165) is 21.6 Å². The third-order valence-corrected chi connectivity index (χ3v) is 5.36. The number of carbonyl (C=O) groups is 3. The van der Waals surface area contributed by atoms with Crippen LogP contribution in [0.4, 0.5) is 4.79 Å². The Bertz CT molecular complexity index is 959. The minimum Gasteiger partial charge on any atom is -0.496 e. The molecule has 0 radical (unpaired) electrons. The maximum Gasteiger partial charge on any atom is 0.325 e. The lowest BCUT2D eigenvalue weighted by Gasteiger charge is -2.22. The topological polar surface area (TPSA) is 87.7 Å². The molecule has 0 aliphatic carbocycles. The number of carbonyl (C=O) groups excluding carboxylic acids is 3. The molecule has 1 atom stereocenters. The fraction of sp³-hybridized carbons (Fsp3) is 0.348. The SMILES string of the molecule is COc1ccccc1C[C@@]1(C)NC(=O)N(CC(=O)NCCc2ccccc2C)C1=O. The van der Waals surface area contributed by atoms with Crippen LogP contribution < -0.4 is 15.4 Å². The zero-order chi connectivity index (χ0) is 21.7. The van der Waals surface area contributed by atoms with Gasteiger partial charge in [-0.3, -0.25) is 14.5 Å². The van der Waals surface area contributed by atoms with Gasteiger partial charge in [0.2, 0.25) is 5.91 Å². The van der Waals surface area contributed by atoms with Gasteiger partial charge in [-0.15, -0.1) is 0 Å². The summed E-state index contributed by atoms with van der Waals surface area (Å²) in [6.45, 7) is 3.81. The average Bonchev–Trinajstić information content (AvgIpc) is 2.92. The van der Waals surface area contributed by atoms with Crippen LogP contribution in [0.3, 0.4) is 0 Å². The summed E-state index contributed by atoms with van der Waals surface area (Å²) in [5.74, 6) is -0.144. The van der Waals surface area contributed by atoms with Crippen molar-refractivity contribution in [1.29, 1.82) is 0 Å². The van der Waals surface area contributed by atoms with Crippen molar-refractivity contribution in [2.75, 3.05) is 20.2 Å². The molecule has 1 saturated heterocycles. The summed E-state index contributed by atoms with van der Waals surface area (Å²) in [6, 6.07) is 14.7. The third kappa shape index (κ3) is 4.62. The normalized spacial score (nSPS) is 18.3. The number of benzene rings is 2. The van der Waals surface area contributed by atoms with Crippen LogP contribution in [-0.4, -0.2) is 48.5 Å². The monoisotopic (exact) mass is 409 g/mol. The molecule has 0 aromatic heterocycles. The molecule has 7 heteroatoms. The number of hydrogen-bond acceptors (Lipinski definition) is 4. The highest BCUT2D eigenvalue weighted by Gasteiger charge is 2.48. The molecule has 1 heterocycles. The molecule has 1 aliphatic heterocycles. The Morgan fingerprint density at radius 3 is 2.47 bits per heavy atom. The summed E-state index contributed by atoms with van der Waals surface area (Å²) >= 11 is 0. The second-order valence-electron chi connectivity index (χ2n) is 7.67. The van der Waals surface area contributed by atoms with Crippen molar-refractivity contribution in [2.24, 2.45) is 0 Å². The van der Waals surface area contributed by atoms with Gasteiger partial charge < -0.3 is 15.4 Å². The highest BCUT2D eigenvalue weighted by atomic mass is 16.5. The number of para-hydroxylation sites is 1. The molecule has 0 bridgehead atoms. The number of hydrogen-bond donors (Lipinski definition) is 2. The van der Waals surface area contributed by atoms with Gasteiger partial charge in [0.25, 0.3) is 5.91 Å². The van der Waals surface area contributed by atoms with Crippen LogP contribution in [0.1, 0.15) is 23.6 Å². The minimum absolute atomic E-state index is 0.271. The van der Waals surface area contributed by atoms with Crippen molar-refractivity contribution in [2.45, 2.75) is 32.2 Å². The number of aryl methyl sites for hydroxylation is 1. The molecular weight excluding hydrogens is 382 g/mol. The molecule has 7 nitrogen and oxygen atoms in total. The lowest BCUT2D eigenvalue weighted by atomic mass is 9.92. The summed E-state index contributed by atoms with van der Waals surface area (Å²) in [7, 11) is 1.56. The Morgan fingerprint density at radius 2 is 1.77 bits per heavy atom. The number of methoxy groups -OCH3 is 1. The highest BCUT2D eigenvalue weighted by molar-refractivity contribution is 6.09. The molecule has 4 amide bonds. The maximum absolute atomic E-state index is 12.9. The summed E-state index contributed by atoms with van der Waals surface area (Å²) < 4.78 is 5.34.